The first-order chi connectivity index (χ1) is 15.0. The number of nitrogens with zero attached hydrogens (tertiary/aromatic N) is 3. The fourth-order valence-corrected chi connectivity index (χ4v) is 5.17. The van der Waals surface area contributed by atoms with Gasteiger partial charge in [-0.25, -0.2) is 13.8 Å². The summed E-state index contributed by atoms with van der Waals surface area (Å²) in [5.74, 6) is 0.743. The Kier molecular flexibility index (Phi) is 5.85. The fourth-order valence-electron chi connectivity index (χ4n) is 4.93. The summed E-state index contributed by atoms with van der Waals surface area (Å²) in [6.45, 7) is 4.41. The van der Waals surface area contributed by atoms with Crippen LogP contribution in [0.1, 0.15) is 37.1 Å². The molecule has 1 fully saturated rings. The van der Waals surface area contributed by atoms with Crippen molar-refractivity contribution in [2.24, 2.45) is 5.92 Å². The molecule has 2 aliphatic rings. The Morgan fingerprint density at radius 1 is 1.03 bits per heavy atom. The van der Waals surface area contributed by atoms with E-state index in [1.807, 2.05) is 6.07 Å². The van der Waals surface area contributed by atoms with Crippen molar-refractivity contribution in [2.45, 2.75) is 45.2 Å². The molecule has 31 heavy (non-hydrogen) atoms. The molecule has 1 saturated heterocycles. The standard InChI is InChI=1S/C24H26ClF2N3O/c25-18-10-17-2-1-6-30-23(28-22(11-18)24(17)30)15-29-7-3-16(4-8-29)5-9-31-21-13-19(26)12-20(27)14-21/h10-14,16H,1-9,15H2. The van der Waals surface area contributed by atoms with Crippen LogP contribution in [-0.2, 0) is 19.5 Å². The second-order valence-corrected chi connectivity index (χ2v) is 9.11. The molecule has 0 atom stereocenters. The van der Waals surface area contributed by atoms with Gasteiger partial charge in [0.1, 0.15) is 23.2 Å². The second kappa shape index (κ2) is 8.75. The van der Waals surface area contributed by atoms with Gasteiger partial charge in [-0.3, -0.25) is 4.90 Å². The summed E-state index contributed by atoms with van der Waals surface area (Å²) >= 11 is 6.29. The van der Waals surface area contributed by atoms with Gasteiger partial charge in [0.15, 0.2) is 0 Å². The molecule has 0 aliphatic carbocycles. The lowest BCUT2D eigenvalue weighted by Crippen LogP contribution is -2.34. The molecular weight excluding hydrogens is 420 g/mol. The highest BCUT2D eigenvalue weighted by Crippen LogP contribution is 2.31. The maximum Gasteiger partial charge on any atom is 0.129 e. The van der Waals surface area contributed by atoms with Crippen LogP contribution in [0.5, 0.6) is 5.75 Å². The van der Waals surface area contributed by atoms with Crippen LogP contribution in [-0.4, -0.2) is 34.1 Å². The minimum Gasteiger partial charge on any atom is -0.493 e. The van der Waals surface area contributed by atoms with Gasteiger partial charge in [-0.15, -0.1) is 0 Å². The molecule has 3 aromatic rings. The number of aromatic nitrogens is 2. The van der Waals surface area contributed by atoms with Crippen LogP contribution >= 0.6 is 11.6 Å². The zero-order chi connectivity index (χ0) is 21.4. The molecule has 5 rings (SSSR count). The van der Waals surface area contributed by atoms with Gasteiger partial charge in [-0.1, -0.05) is 11.6 Å². The van der Waals surface area contributed by atoms with Gasteiger partial charge in [0.25, 0.3) is 0 Å². The molecule has 1 aromatic heterocycles. The molecule has 0 unspecified atom stereocenters. The zero-order valence-corrected chi connectivity index (χ0v) is 18.2. The maximum atomic E-state index is 13.3. The largest absolute Gasteiger partial charge is 0.493 e. The minimum atomic E-state index is -0.608. The smallest absolute Gasteiger partial charge is 0.129 e. The van der Waals surface area contributed by atoms with E-state index < -0.39 is 11.6 Å². The van der Waals surface area contributed by atoms with E-state index in [1.54, 1.807) is 0 Å². The number of aryl methyl sites for hydroxylation is 2. The van der Waals surface area contributed by atoms with Crippen molar-refractivity contribution in [1.29, 1.82) is 0 Å². The average Bonchev–Trinajstić information content (AvgIpc) is 3.07. The number of imidazole rings is 1. The van der Waals surface area contributed by atoms with E-state index in [9.17, 15) is 8.78 Å². The third-order valence-corrected chi connectivity index (χ3v) is 6.71. The molecule has 0 bridgehead atoms. The lowest BCUT2D eigenvalue weighted by molar-refractivity contribution is 0.153. The first-order valence-corrected chi connectivity index (χ1v) is 11.4. The van der Waals surface area contributed by atoms with Crippen LogP contribution in [0.4, 0.5) is 8.78 Å². The molecule has 3 heterocycles. The van der Waals surface area contributed by atoms with E-state index in [0.29, 0.717) is 12.5 Å². The van der Waals surface area contributed by atoms with Gasteiger partial charge in [0.05, 0.1) is 24.2 Å². The van der Waals surface area contributed by atoms with E-state index in [2.05, 4.69) is 15.5 Å². The van der Waals surface area contributed by atoms with Gasteiger partial charge in [0.2, 0.25) is 0 Å². The number of ether oxygens (including phenoxy) is 1. The van der Waals surface area contributed by atoms with E-state index >= 15 is 0 Å². The Morgan fingerprint density at radius 2 is 1.81 bits per heavy atom. The lowest BCUT2D eigenvalue weighted by atomic mass is 9.94. The molecule has 0 spiro atoms. The maximum absolute atomic E-state index is 13.3. The lowest BCUT2D eigenvalue weighted by Gasteiger charge is -2.32. The predicted octanol–water partition coefficient (Wildman–Crippen LogP) is 5.60. The Morgan fingerprint density at radius 3 is 2.58 bits per heavy atom. The van der Waals surface area contributed by atoms with Crippen molar-refractivity contribution in [1.82, 2.24) is 14.5 Å². The first-order valence-electron chi connectivity index (χ1n) is 11.0. The Balaban J connectivity index is 1.15. The number of piperidine rings is 1. The number of hydrogen-bond acceptors (Lipinski definition) is 3. The van der Waals surface area contributed by atoms with E-state index in [0.717, 1.165) is 80.7 Å². The van der Waals surface area contributed by atoms with E-state index in [1.165, 1.54) is 23.2 Å². The number of halogens is 3. The van der Waals surface area contributed by atoms with E-state index in [4.69, 9.17) is 21.3 Å². The summed E-state index contributed by atoms with van der Waals surface area (Å²) in [5.41, 5.74) is 3.58. The molecule has 4 nitrogen and oxygen atoms in total. The molecule has 2 aromatic carbocycles. The zero-order valence-electron chi connectivity index (χ0n) is 17.4. The summed E-state index contributed by atoms with van der Waals surface area (Å²) < 4.78 is 34.5. The third kappa shape index (κ3) is 4.55. The second-order valence-electron chi connectivity index (χ2n) is 8.68. The van der Waals surface area contributed by atoms with Gasteiger partial charge in [-0.2, -0.15) is 0 Å². The minimum absolute atomic E-state index is 0.259. The van der Waals surface area contributed by atoms with E-state index in [-0.39, 0.29) is 5.75 Å². The summed E-state index contributed by atoms with van der Waals surface area (Å²) in [7, 11) is 0. The Bertz CT molecular complexity index is 1070. The Labute approximate surface area is 185 Å². The molecule has 164 valence electrons. The van der Waals surface area contributed by atoms with Crippen molar-refractivity contribution in [3.63, 3.8) is 0 Å². The van der Waals surface area contributed by atoms with Gasteiger partial charge < -0.3 is 9.30 Å². The van der Waals surface area contributed by atoms with Gasteiger partial charge >= 0.3 is 0 Å². The molecule has 0 N–H and O–H groups in total. The summed E-state index contributed by atoms with van der Waals surface area (Å²) in [6.07, 6.45) is 5.28. The summed E-state index contributed by atoms with van der Waals surface area (Å²) in [6, 6.07) is 7.37. The van der Waals surface area contributed by atoms with Gasteiger partial charge in [0, 0.05) is 29.8 Å². The van der Waals surface area contributed by atoms with Crippen LogP contribution in [0, 0.1) is 17.6 Å². The molecule has 0 amide bonds. The van der Waals surface area contributed by atoms with Crippen molar-refractivity contribution < 1.29 is 13.5 Å². The highest BCUT2D eigenvalue weighted by Gasteiger charge is 2.23. The number of benzene rings is 2. The number of hydrogen-bond donors (Lipinski definition) is 0. The molecular formula is C24H26ClF2N3O. The van der Waals surface area contributed by atoms with Gasteiger partial charge in [-0.05, 0) is 68.8 Å². The SMILES string of the molecule is Fc1cc(F)cc(OCCC2CCN(Cc3nc4cc(Cl)cc5c4n3CCC5)CC2)c1. The van der Waals surface area contributed by atoms with Crippen LogP contribution in [0.2, 0.25) is 5.02 Å². The van der Waals surface area contributed by atoms with Crippen LogP contribution in [0.3, 0.4) is 0 Å². The summed E-state index contributed by atoms with van der Waals surface area (Å²) in [4.78, 5) is 7.38. The normalized spacial score (nSPS) is 17.4. The first kappa shape index (κ1) is 20.7. The highest BCUT2D eigenvalue weighted by molar-refractivity contribution is 6.31. The highest BCUT2D eigenvalue weighted by atomic mass is 35.5. The van der Waals surface area contributed by atoms with Crippen molar-refractivity contribution in [3.8, 4) is 5.75 Å². The fraction of sp³-hybridized carbons (Fsp3) is 0.458. The molecule has 7 heteroatoms. The van der Waals surface area contributed by atoms with Crippen LogP contribution < -0.4 is 4.74 Å². The Hall–Kier alpha value is -2.18. The quantitative estimate of drug-likeness (QED) is 0.495. The molecule has 0 saturated carbocycles. The number of rotatable bonds is 6. The summed E-state index contributed by atoms with van der Waals surface area (Å²) in [5, 5.41) is 0.768. The number of likely N-dealkylation sites (tertiary alicyclic amines) is 1. The third-order valence-electron chi connectivity index (χ3n) is 6.50. The van der Waals surface area contributed by atoms with Crippen LogP contribution in [0.15, 0.2) is 30.3 Å². The molecule has 0 radical (unpaired) electrons. The topological polar surface area (TPSA) is 30.3 Å². The molecule has 2 aliphatic heterocycles. The van der Waals surface area contributed by atoms with Crippen molar-refractivity contribution >= 4 is 22.6 Å². The predicted molar refractivity (Wildman–Crippen MR) is 118 cm³/mol. The average molecular weight is 446 g/mol. The van der Waals surface area contributed by atoms with Crippen molar-refractivity contribution in [3.05, 3.63) is 58.4 Å². The monoisotopic (exact) mass is 445 g/mol. The van der Waals surface area contributed by atoms with Crippen LogP contribution in [0.25, 0.3) is 11.0 Å². The van der Waals surface area contributed by atoms with Crippen molar-refractivity contribution in [2.75, 3.05) is 19.7 Å².